The summed E-state index contributed by atoms with van der Waals surface area (Å²) in [7, 11) is 0. The summed E-state index contributed by atoms with van der Waals surface area (Å²) in [6, 6.07) is 19.3. The maximum Gasteiger partial charge on any atom is 0.205 e. The highest BCUT2D eigenvalue weighted by molar-refractivity contribution is 8.01. The standard InChI is InChI=1S/C31H27N3O4S2/c1-3-37-19-9-10-22-24(16-19)40-29(33-22)39-15-14-31-13-12-30(2,38-31)25-26(31)28(36)34(27(25)35)23-11-8-18(17-32)20-6-4-5-7-21(20)23/h4-11,16,35-36H,3,12-15H2,1-2H3/t30-,31-/m0/s1. The van der Waals surface area contributed by atoms with Gasteiger partial charge in [-0.15, -0.1) is 11.3 Å². The number of nitrogens with zero attached hydrogens (tertiary/aromatic N) is 3. The van der Waals surface area contributed by atoms with Gasteiger partial charge in [0.05, 0.1) is 50.9 Å². The van der Waals surface area contributed by atoms with Crippen LogP contribution in [0.15, 0.2) is 58.9 Å². The number of thioether (sulfide) groups is 1. The lowest BCUT2D eigenvalue weighted by atomic mass is 9.78. The van der Waals surface area contributed by atoms with Gasteiger partial charge >= 0.3 is 0 Å². The highest BCUT2D eigenvalue weighted by Crippen LogP contribution is 2.66. The number of hydrogen-bond acceptors (Lipinski definition) is 8. The molecule has 2 aliphatic rings. The SMILES string of the molecule is CCOc1ccc2nc(SCC[C@]34CC[C@](C)(O3)c3c4c(O)n(-c4ccc(C#N)c5ccccc45)c3O)sc2c1. The van der Waals surface area contributed by atoms with E-state index in [0.29, 0.717) is 35.4 Å². The molecule has 0 aliphatic carbocycles. The molecule has 0 radical (unpaired) electrons. The predicted octanol–water partition coefficient (Wildman–Crippen LogP) is 7.34. The van der Waals surface area contributed by atoms with Crippen molar-refractivity contribution in [3.63, 3.8) is 0 Å². The van der Waals surface area contributed by atoms with Crippen LogP contribution in [0.25, 0.3) is 26.7 Å². The van der Waals surface area contributed by atoms with Crippen molar-refractivity contribution < 1.29 is 19.7 Å². The zero-order valence-electron chi connectivity index (χ0n) is 22.1. The number of benzene rings is 3. The van der Waals surface area contributed by atoms with Crippen molar-refractivity contribution in [3.8, 4) is 29.3 Å². The zero-order valence-corrected chi connectivity index (χ0v) is 23.7. The van der Waals surface area contributed by atoms with E-state index in [1.807, 2.05) is 56.3 Å². The van der Waals surface area contributed by atoms with Crippen LogP contribution in [0.2, 0.25) is 0 Å². The fraction of sp³-hybridized carbons (Fsp3) is 0.290. The fourth-order valence-electron chi connectivity index (χ4n) is 6.42. The Morgan fingerprint density at radius 2 is 1.90 bits per heavy atom. The van der Waals surface area contributed by atoms with Crippen LogP contribution in [0.1, 0.15) is 49.8 Å². The highest BCUT2D eigenvalue weighted by Gasteiger charge is 2.61. The molecule has 3 aromatic carbocycles. The van der Waals surface area contributed by atoms with E-state index in [2.05, 4.69) is 6.07 Å². The first-order chi connectivity index (χ1) is 19.4. The fourth-order valence-corrected chi connectivity index (χ4v) is 8.67. The summed E-state index contributed by atoms with van der Waals surface area (Å²) in [5.41, 5.74) is 2.11. The Bertz CT molecular complexity index is 1860. The number of thiazole rings is 1. The van der Waals surface area contributed by atoms with Crippen LogP contribution in [0.5, 0.6) is 17.5 Å². The molecule has 2 N–H and O–H groups in total. The molecule has 1 saturated heterocycles. The van der Waals surface area contributed by atoms with Crippen LogP contribution < -0.4 is 4.74 Å². The van der Waals surface area contributed by atoms with Crippen molar-refractivity contribution in [3.05, 3.63) is 71.3 Å². The monoisotopic (exact) mass is 569 g/mol. The van der Waals surface area contributed by atoms with E-state index < -0.39 is 11.2 Å². The zero-order chi connectivity index (χ0) is 27.6. The van der Waals surface area contributed by atoms with Gasteiger partial charge in [0.15, 0.2) is 4.34 Å². The molecule has 2 atom stereocenters. The molecule has 9 heteroatoms. The minimum absolute atomic E-state index is 0.000716. The average molecular weight is 570 g/mol. The Morgan fingerprint density at radius 3 is 2.70 bits per heavy atom. The van der Waals surface area contributed by atoms with Crippen molar-refractivity contribution in [1.29, 1.82) is 5.26 Å². The summed E-state index contributed by atoms with van der Waals surface area (Å²) >= 11 is 3.33. The first kappa shape index (κ1) is 25.3. The maximum atomic E-state index is 11.7. The molecule has 40 heavy (non-hydrogen) atoms. The molecule has 202 valence electrons. The molecule has 1 fully saturated rings. The van der Waals surface area contributed by atoms with Gasteiger partial charge in [0.2, 0.25) is 11.8 Å². The largest absolute Gasteiger partial charge is 0.494 e. The number of hydrogen-bond donors (Lipinski definition) is 2. The van der Waals surface area contributed by atoms with Crippen molar-refractivity contribution >= 4 is 44.1 Å². The summed E-state index contributed by atoms with van der Waals surface area (Å²) in [5, 5.41) is 34.4. The van der Waals surface area contributed by atoms with E-state index in [-0.39, 0.29) is 11.8 Å². The van der Waals surface area contributed by atoms with Crippen LogP contribution in [-0.4, -0.2) is 32.1 Å². The van der Waals surface area contributed by atoms with Crippen molar-refractivity contribution in [1.82, 2.24) is 9.55 Å². The van der Waals surface area contributed by atoms with E-state index in [1.165, 1.54) is 4.57 Å². The lowest BCUT2D eigenvalue weighted by Crippen LogP contribution is -2.23. The van der Waals surface area contributed by atoms with Crippen LogP contribution in [0.4, 0.5) is 0 Å². The molecule has 5 aromatic rings. The minimum atomic E-state index is -0.689. The number of nitriles is 1. The van der Waals surface area contributed by atoms with Crippen LogP contribution >= 0.6 is 23.1 Å². The quantitative estimate of drug-likeness (QED) is 0.198. The van der Waals surface area contributed by atoms with Gasteiger partial charge < -0.3 is 19.7 Å². The molecule has 2 aliphatic heterocycles. The molecule has 0 spiro atoms. The summed E-state index contributed by atoms with van der Waals surface area (Å²) < 4.78 is 15.9. The van der Waals surface area contributed by atoms with Crippen LogP contribution in [0.3, 0.4) is 0 Å². The maximum absolute atomic E-state index is 11.7. The molecule has 0 saturated carbocycles. The first-order valence-electron chi connectivity index (χ1n) is 13.3. The van der Waals surface area contributed by atoms with Gasteiger partial charge in [0.25, 0.3) is 0 Å². The molecule has 2 aromatic heterocycles. The van der Waals surface area contributed by atoms with Gasteiger partial charge in [-0.3, -0.25) is 4.57 Å². The Kier molecular flexibility index (Phi) is 5.79. The van der Waals surface area contributed by atoms with E-state index in [0.717, 1.165) is 49.7 Å². The molecule has 7 rings (SSSR count). The molecule has 2 bridgehead atoms. The molecular weight excluding hydrogens is 542 g/mol. The predicted molar refractivity (Wildman–Crippen MR) is 157 cm³/mol. The van der Waals surface area contributed by atoms with E-state index in [9.17, 15) is 15.5 Å². The summed E-state index contributed by atoms with van der Waals surface area (Å²) in [5.74, 6) is 1.59. The third-order valence-corrected chi connectivity index (χ3v) is 10.3. The topological polar surface area (TPSA) is 101 Å². The molecule has 4 heterocycles. The molecule has 7 nitrogen and oxygen atoms in total. The molecule has 0 amide bonds. The summed E-state index contributed by atoms with van der Waals surface area (Å²) in [4.78, 5) is 4.78. The Labute approximate surface area is 239 Å². The third-order valence-electron chi connectivity index (χ3n) is 8.18. The van der Waals surface area contributed by atoms with Gasteiger partial charge in [0, 0.05) is 16.5 Å². The van der Waals surface area contributed by atoms with Gasteiger partial charge in [-0.1, -0.05) is 36.0 Å². The lowest BCUT2D eigenvalue weighted by molar-refractivity contribution is -0.0803. The Morgan fingerprint density at radius 1 is 1.10 bits per heavy atom. The van der Waals surface area contributed by atoms with Crippen molar-refractivity contribution in [2.45, 2.75) is 48.7 Å². The smallest absolute Gasteiger partial charge is 0.205 e. The Hall–Kier alpha value is -3.71. The second-order valence-electron chi connectivity index (χ2n) is 10.5. The van der Waals surface area contributed by atoms with E-state index >= 15 is 0 Å². The van der Waals surface area contributed by atoms with Gasteiger partial charge in [-0.25, -0.2) is 4.98 Å². The van der Waals surface area contributed by atoms with Crippen molar-refractivity contribution in [2.75, 3.05) is 12.4 Å². The van der Waals surface area contributed by atoms with Crippen molar-refractivity contribution in [2.24, 2.45) is 0 Å². The Balaban J connectivity index is 1.23. The number of aromatic hydroxyl groups is 2. The van der Waals surface area contributed by atoms with Gasteiger partial charge in [-0.05, 0) is 63.4 Å². The van der Waals surface area contributed by atoms with Crippen LogP contribution in [0, 0.1) is 11.3 Å². The summed E-state index contributed by atoms with van der Waals surface area (Å²) in [6.07, 6.45) is 2.20. The molecule has 0 unspecified atom stereocenters. The van der Waals surface area contributed by atoms with Gasteiger partial charge in [0.1, 0.15) is 11.4 Å². The number of fused-ring (bicyclic) bond motifs is 7. The minimum Gasteiger partial charge on any atom is -0.494 e. The van der Waals surface area contributed by atoms with Gasteiger partial charge in [-0.2, -0.15) is 5.26 Å². The van der Waals surface area contributed by atoms with E-state index in [4.69, 9.17) is 14.5 Å². The molecular formula is C31H27N3O4S2. The number of aromatic nitrogens is 2. The third kappa shape index (κ3) is 3.63. The number of rotatable bonds is 7. The second-order valence-corrected chi connectivity index (χ2v) is 12.9. The van der Waals surface area contributed by atoms with Crippen LogP contribution in [-0.2, 0) is 15.9 Å². The number of ether oxygens (including phenoxy) is 2. The second kappa shape index (κ2) is 9.16. The summed E-state index contributed by atoms with van der Waals surface area (Å²) in [6.45, 7) is 4.60. The highest BCUT2D eigenvalue weighted by atomic mass is 32.2. The normalized spacial score (nSPS) is 21.2. The van der Waals surface area contributed by atoms with E-state index in [1.54, 1.807) is 35.2 Å². The lowest BCUT2D eigenvalue weighted by Gasteiger charge is -2.26. The average Bonchev–Trinajstić information content (AvgIpc) is 3.66. The first-order valence-corrected chi connectivity index (χ1v) is 15.1.